The quantitative estimate of drug-likeness (QED) is 0.642. The number of benzene rings is 2. The van der Waals surface area contributed by atoms with E-state index in [2.05, 4.69) is 22.4 Å². The highest BCUT2D eigenvalue weighted by Crippen LogP contribution is 2.40. The van der Waals surface area contributed by atoms with Gasteiger partial charge in [-0.1, -0.05) is 42.5 Å². The van der Waals surface area contributed by atoms with E-state index in [0.29, 0.717) is 19.1 Å². The van der Waals surface area contributed by atoms with Gasteiger partial charge >= 0.3 is 0 Å². The van der Waals surface area contributed by atoms with Crippen molar-refractivity contribution in [1.29, 1.82) is 0 Å². The Morgan fingerprint density at radius 1 is 0.962 bits per heavy atom. The van der Waals surface area contributed by atoms with Crippen LogP contribution in [0.2, 0.25) is 0 Å². The highest BCUT2D eigenvalue weighted by Gasteiger charge is 2.29. The largest absolute Gasteiger partial charge is 0.372 e. The zero-order valence-corrected chi connectivity index (χ0v) is 14.6. The number of rotatable bonds is 7. The Bertz CT molecular complexity index is 865. The van der Waals surface area contributed by atoms with E-state index < -0.39 is 0 Å². The van der Waals surface area contributed by atoms with Crippen LogP contribution in [-0.4, -0.2) is 10.9 Å². The van der Waals surface area contributed by atoms with Crippen molar-refractivity contribution in [3.63, 3.8) is 0 Å². The maximum absolute atomic E-state index is 12.5. The Morgan fingerprint density at radius 3 is 2.35 bits per heavy atom. The number of ether oxygens (including phenoxy) is 1. The fraction of sp³-hybridized carbons (Fsp3) is 0.227. The van der Waals surface area contributed by atoms with Crippen LogP contribution in [-0.2, 0) is 18.0 Å². The summed E-state index contributed by atoms with van der Waals surface area (Å²) in [7, 11) is 0. The number of H-pyrrole nitrogens is 1. The Morgan fingerprint density at radius 2 is 1.65 bits per heavy atom. The molecule has 2 N–H and O–H groups in total. The van der Waals surface area contributed by atoms with E-state index >= 15 is 0 Å². The number of hydrogen-bond acceptors (Lipinski definition) is 2. The van der Waals surface area contributed by atoms with E-state index in [-0.39, 0.29) is 5.91 Å². The third kappa shape index (κ3) is 4.03. The molecular formula is C22H22N2O2. The molecule has 26 heavy (non-hydrogen) atoms. The van der Waals surface area contributed by atoms with Crippen LogP contribution in [0.4, 0.5) is 5.69 Å². The minimum absolute atomic E-state index is 0.0544. The van der Waals surface area contributed by atoms with Crippen LogP contribution in [0, 0.1) is 0 Å². The molecule has 3 aromatic rings. The number of amides is 1. The van der Waals surface area contributed by atoms with Gasteiger partial charge in [-0.15, -0.1) is 0 Å². The summed E-state index contributed by atoms with van der Waals surface area (Å²) in [4.78, 5) is 15.7. The number of nitrogens with one attached hydrogen (secondary N) is 2. The molecule has 0 radical (unpaired) electrons. The fourth-order valence-corrected chi connectivity index (χ4v) is 3.03. The van der Waals surface area contributed by atoms with Crippen molar-refractivity contribution in [2.75, 3.05) is 5.32 Å². The summed E-state index contributed by atoms with van der Waals surface area (Å²) in [6, 6.07) is 19.8. The van der Waals surface area contributed by atoms with E-state index in [9.17, 15) is 4.79 Å². The van der Waals surface area contributed by atoms with Crippen LogP contribution in [0.5, 0.6) is 0 Å². The maximum Gasteiger partial charge on any atom is 0.257 e. The molecule has 1 heterocycles. The Hall–Kier alpha value is -2.85. The summed E-state index contributed by atoms with van der Waals surface area (Å²) < 4.78 is 5.74. The minimum Gasteiger partial charge on any atom is -0.372 e. The number of aromatic amines is 1. The van der Waals surface area contributed by atoms with E-state index in [1.807, 2.05) is 54.7 Å². The zero-order chi connectivity index (χ0) is 17.8. The third-order valence-corrected chi connectivity index (χ3v) is 4.60. The second kappa shape index (κ2) is 7.58. The summed E-state index contributed by atoms with van der Waals surface area (Å²) in [6.45, 7) is 1.14. The van der Waals surface area contributed by atoms with Crippen LogP contribution in [0.15, 0.2) is 66.9 Å². The molecule has 0 saturated heterocycles. The van der Waals surface area contributed by atoms with Gasteiger partial charge in [-0.2, -0.15) is 0 Å². The molecule has 0 unspecified atom stereocenters. The van der Waals surface area contributed by atoms with E-state index in [0.717, 1.165) is 28.1 Å². The van der Waals surface area contributed by atoms with E-state index in [4.69, 9.17) is 4.74 Å². The first-order valence-electron chi connectivity index (χ1n) is 8.99. The van der Waals surface area contributed by atoms with Crippen LogP contribution in [0.1, 0.15) is 45.9 Å². The third-order valence-electron chi connectivity index (χ3n) is 4.60. The maximum atomic E-state index is 12.5. The molecule has 4 nitrogen and oxygen atoms in total. The molecule has 2 aromatic carbocycles. The van der Waals surface area contributed by atoms with Crippen LogP contribution >= 0.6 is 0 Å². The molecule has 0 atom stereocenters. The molecule has 0 aliphatic heterocycles. The molecule has 132 valence electrons. The number of carbonyl (C=O) groups is 1. The zero-order valence-electron chi connectivity index (χ0n) is 14.6. The van der Waals surface area contributed by atoms with Gasteiger partial charge in [0.25, 0.3) is 5.91 Å². The summed E-state index contributed by atoms with van der Waals surface area (Å²) >= 11 is 0. The Balaban J connectivity index is 1.31. The first-order valence-corrected chi connectivity index (χ1v) is 8.99. The predicted octanol–water partition coefficient (Wildman–Crippen LogP) is 4.86. The number of hydrogen-bond donors (Lipinski definition) is 2. The van der Waals surface area contributed by atoms with Crippen LogP contribution < -0.4 is 5.32 Å². The molecule has 0 spiro atoms. The lowest BCUT2D eigenvalue weighted by Gasteiger charge is -2.08. The molecule has 4 rings (SSSR count). The van der Waals surface area contributed by atoms with E-state index in [1.54, 1.807) is 0 Å². The second-order valence-electron chi connectivity index (χ2n) is 6.71. The molecule has 1 amide bonds. The van der Waals surface area contributed by atoms with Crippen molar-refractivity contribution in [3.8, 4) is 0 Å². The molecule has 1 fully saturated rings. The molecule has 1 saturated carbocycles. The van der Waals surface area contributed by atoms with Crippen molar-refractivity contribution in [3.05, 3.63) is 89.2 Å². The molecular weight excluding hydrogens is 324 g/mol. The van der Waals surface area contributed by atoms with Crippen molar-refractivity contribution >= 4 is 11.6 Å². The van der Waals surface area contributed by atoms with Gasteiger partial charge in [0.15, 0.2) is 0 Å². The van der Waals surface area contributed by atoms with Crippen molar-refractivity contribution in [2.24, 2.45) is 0 Å². The standard InChI is InChI=1S/C22H22N2O2/c25-22(20-12-13-23-21(20)18-8-9-18)24-19-10-6-17(7-11-19)15-26-14-16-4-2-1-3-5-16/h1-7,10-13,18,23H,8-9,14-15H2,(H,24,25). The smallest absolute Gasteiger partial charge is 0.257 e. The van der Waals surface area contributed by atoms with Gasteiger partial charge in [-0.3, -0.25) is 4.79 Å². The van der Waals surface area contributed by atoms with Crippen molar-refractivity contribution < 1.29 is 9.53 Å². The van der Waals surface area contributed by atoms with Gasteiger partial charge < -0.3 is 15.0 Å². The van der Waals surface area contributed by atoms with Gasteiger partial charge in [-0.25, -0.2) is 0 Å². The van der Waals surface area contributed by atoms with Gasteiger partial charge in [0.05, 0.1) is 18.8 Å². The SMILES string of the molecule is O=C(Nc1ccc(COCc2ccccc2)cc1)c1cc[nH]c1C1CC1. The van der Waals surface area contributed by atoms with Crippen molar-refractivity contribution in [1.82, 2.24) is 4.98 Å². The predicted molar refractivity (Wildman–Crippen MR) is 102 cm³/mol. The average Bonchev–Trinajstić information content (AvgIpc) is 3.40. The molecule has 4 heteroatoms. The monoisotopic (exact) mass is 346 g/mol. The van der Waals surface area contributed by atoms with Gasteiger partial charge in [0, 0.05) is 17.6 Å². The first-order chi connectivity index (χ1) is 12.8. The van der Waals surface area contributed by atoms with Gasteiger partial charge in [0.2, 0.25) is 0 Å². The lowest BCUT2D eigenvalue weighted by Crippen LogP contribution is -2.13. The average molecular weight is 346 g/mol. The van der Waals surface area contributed by atoms with Crippen LogP contribution in [0.3, 0.4) is 0 Å². The first kappa shape index (κ1) is 16.6. The lowest BCUT2D eigenvalue weighted by molar-refractivity contribution is 0.102. The highest BCUT2D eigenvalue weighted by molar-refractivity contribution is 6.05. The van der Waals surface area contributed by atoms with Crippen LogP contribution in [0.25, 0.3) is 0 Å². The van der Waals surface area contributed by atoms with Gasteiger partial charge in [-0.05, 0) is 48.1 Å². The summed E-state index contributed by atoms with van der Waals surface area (Å²) in [6.07, 6.45) is 4.17. The number of aromatic nitrogens is 1. The molecule has 0 bridgehead atoms. The Kier molecular flexibility index (Phi) is 4.84. The highest BCUT2D eigenvalue weighted by atomic mass is 16.5. The normalized spacial score (nSPS) is 13.5. The Labute approximate surface area is 153 Å². The molecule has 1 aliphatic rings. The van der Waals surface area contributed by atoms with Gasteiger partial charge in [0.1, 0.15) is 0 Å². The van der Waals surface area contributed by atoms with Crippen molar-refractivity contribution in [2.45, 2.75) is 32.0 Å². The fourth-order valence-electron chi connectivity index (χ4n) is 3.03. The molecule has 1 aromatic heterocycles. The number of anilines is 1. The summed E-state index contributed by atoms with van der Waals surface area (Å²) in [5.41, 5.74) is 4.86. The topological polar surface area (TPSA) is 54.1 Å². The second-order valence-corrected chi connectivity index (χ2v) is 6.71. The number of carbonyl (C=O) groups excluding carboxylic acids is 1. The lowest BCUT2D eigenvalue weighted by atomic mass is 10.1. The summed E-state index contributed by atoms with van der Waals surface area (Å²) in [5.74, 6) is 0.469. The van der Waals surface area contributed by atoms with E-state index in [1.165, 1.54) is 12.8 Å². The molecule has 1 aliphatic carbocycles. The minimum atomic E-state index is -0.0544. The summed E-state index contributed by atoms with van der Waals surface area (Å²) in [5, 5.41) is 2.98.